The quantitative estimate of drug-likeness (QED) is 0.0348. The standard InChI is InChI=1S/C55H90O5/c1-4-7-10-13-16-19-22-25-27-29-32-35-38-41-44-47-50-58-51-53(60-55(57)49-46-43-40-37-34-30-24-21-18-15-12-9-6-3)52-59-54(56)48-45-42-39-36-33-31-28-26-23-20-17-14-11-8-5-2/h8-9,11-12,16-21,25-28,30,34,40,43,53H,4-7,10,13-15,22-24,29,31-33,35-39,41-42,44-52H2,1-3H3/b11-8-,12-9-,19-16-,20-17-,21-18-,27-25-,28-26-,34-30-,43-40-. The number of carbonyl (C=O) groups excluding carboxylic acids is 2. The number of ether oxygens (including phenoxy) is 3. The second kappa shape index (κ2) is 49.9. The molecule has 0 aliphatic heterocycles. The maximum atomic E-state index is 12.7. The molecular formula is C55H90O5. The fourth-order valence-electron chi connectivity index (χ4n) is 6.21. The van der Waals surface area contributed by atoms with Gasteiger partial charge in [-0.05, 0) is 109 Å². The molecule has 0 saturated heterocycles. The lowest BCUT2D eigenvalue weighted by molar-refractivity contribution is -0.162. The maximum absolute atomic E-state index is 12.7. The van der Waals surface area contributed by atoms with E-state index in [1.54, 1.807) is 0 Å². The van der Waals surface area contributed by atoms with Crippen LogP contribution in [0.15, 0.2) is 109 Å². The van der Waals surface area contributed by atoms with Gasteiger partial charge in [-0.2, -0.15) is 0 Å². The first-order valence-corrected chi connectivity index (χ1v) is 24.4. The minimum Gasteiger partial charge on any atom is -0.462 e. The van der Waals surface area contributed by atoms with Crippen LogP contribution in [-0.2, 0) is 23.8 Å². The van der Waals surface area contributed by atoms with Crippen LogP contribution in [-0.4, -0.2) is 37.9 Å². The molecule has 0 N–H and O–H groups in total. The minimum absolute atomic E-state index is 0.0369. The number of unbranched alkanes of at least 4 members (excludes halogenated alkanes) is 14. The van der Waals surface area contributed by atoms with Gasteiger partial charge in [0.1, 0.15) is 6.61 Å². The highest BCUT2D eigenvalue weighted by atomic mass is 16.6. The van der Waals surface area contributed by atoms with Gasteiger partial charge in [0, 0.05) is 19.4 Å². The van der Waals surface area contributed by atoms with Gasteiger partial charge in [-0.3, -0.25) is 9.59 Å². The van der Waals surface area contributed by atoms with Crippen molar-refractivity contribution in [2.24, 2.45) is 0 Å². The molecule has 0 rings (SSSR count). The Bertz CT molecular complexity index is 1210. The molecule has 0 spiro atoms. The van der Waals surface area contributed by atoms with E-state index in [0.717, 1.165) is 96.3 Å². The van der Waals surface area contributed by atoms with E-state index in [9.17, 15) is 9.59 Å². The molecule has 5 nitrogen and oxygen atoms in total. The molecule has 5 heteroatoms. The normalized spacial score (nSPS) is 13.2. The van der Waals surface area contributed by atoms with E-state index in [0.29, 0.717) is 19.4 Å². The summed E-state index contributed by atoms with van der Waals surface area (Å²) in [5.41, 5.74) is 0. The molecule has 1 atom stereocenters. The third-order valence-corrected chi connectivity index (χ3v) is 9.79. The molecule has 0 aromatic rings. The van der Waals surface area contributed by atoms with Crippen molar-refractivity contribution in [3.05, 3.63) is 109 Å². The fraction of sp³-hybridized carbons (Fsp3) is 0.636. The Kier molecular flexibility index (Phi) is 47.1. The maximum Gasteiger partial charge on any atom is 0.306 e. The molecule has 60 heavy (non-hydrogen) atoms. The molecule has 0 amide bonds. The second-order valence-electron chi connectivity index (χ2n) is 15.6. The van der Waals surface area contributed by atoms with Crippen molar-refractivity contribution in [3.8, 4) is 0 Å². The van der Waals surface area contributed by atoms with Gasteiger partial charge < -0.3 is 14.2 Å². The van der Waals surface area contributed by atoms with Gasteiger partial charge in [0.25, 0.3) is 0 Å². The Labute approximate surface area is 370 Å². The zero-order valence-electron chi connectivity index (χ0n) is 38.9. The second-order valence-corrected chi connectivity index (χ2v) is 15.6. The lowest BCUT2D eigenvalue weighted by Crippen LogP contribution is -2.30. The summed E-state index contributed by atoms with van der Waals surface area (Å²) in [7, 11) is 0. The Morgan fingerprint density at radius 1 is 0.383 bits per heavy atom. The molecule has 0 aromatic carbocycles. The molecule has 0 aromatic heterocycles. The number of allylic oxidation sites excluding steroid dienone is 18. The van der Waals surface area contributed by atoms with Crippen molar-refractivity contribution in [1.82, 2.24) is 0 Å². The van der Waals surface area contributed by atoms with Crippen LogP contribution < -0.4 is 0 Å². The first kappa shape index (κ1) is 56.6. The molecule has 0 aliphatic carbocycles. The van der Waals surface area contributed by atoms with Crippen molar-refractivity contribution in [2.75, 3.05) is 19.8 Å². The van der Waals surface area contributed by atoms with Crippen LogP contribution in [0.4, 0.5) is 0 Å². The zero-order valence-corrected chi connectivity index (χ0v) is 38.9. The highest BCUT2D eigenvalue weighted by molar-refractivity contribution is 5.70. The van der Waals surface area contributed by atoms with E-state index in [1.165, 1.54) is 64.2 Å². The monoisotopic (exact) mass is 831 g/mol. The van der Waals surface area contributed by atoms with Gasteiger partial charge in [-0.25, -0.2) is 0 Å². The van der Waals surface area contributed by atoms with E-state index in [2.05, 4.69) is 124 Å². The summed E-state index contributed by atoms with van der Waals surface area (Å²) in [4.78, 5) is 25.3. The molecule has 0 heterocycles. The van der Waals surface area contributed by atoms with Gasteiger partial charge in [0.05, 0.1) is 6.61 Å². The first-order chi connectivity index (χ1) is 29.6. The van der Waals surface area contributed by atoms with Gasteiger partial charge in [-0.1, -0.05) is 188 Å². The molecule has 0 radical (unpaired) electrons. The summed E-state index contributed by atoms with van der Waals surface area (Å²) in [5.74, 6) is -0.524. The first-order valence-electron chi connectivity index (χ1n) is 24.4. The van der Waals surface area contributed by atoms with Crippen molar-refractivity contribution < 1.29 is 23.8 Å². The number of rotatable bonds is 43. The summed E-state index contributed by atoms with van der Waals surface area (Å²) in [6.07, 6.45) is 68.2. The van der Waals surface area contributed by atoms with Crippen LogP contribution in [0.25, 0.3) is 0 Å². The fourth-order valence-corrected chi connectivity index (χ4v) is 6.21. The predicted octanol–water partition coefficient (Wildman–Crippen LogP) is 16.4. The third kappa shape index (κ3) is 47.2. The van der Waals surface area contributed by atoms with Crippen LogP contribution in [0.1, 0.15) is 201 Å². The van der Waals surface area contributed by atoms with Crippen LogP contribution in [0.2, 0.25) is 0 Å². The molecular weight excluding hydrogens is 741 g/mol. The molecule has 0 bridgehead atoms. The summed E-state index contributed by atoms with van der Waals surface area (Å²) in [6.45, 7) is 7.44. The number of hydrogen-bond acceptors (Lipinski definition) is 5. The predicted molar refractivity (Wildman–Crippen MR) is 260 cm³/mol. The average molecular weight is 831 g/mol. The van der Waals surface area contributed by atoms with Gasteiger partial charge in [0.2, 0.25) is 0 Å². The Morgan fingerprint density at radius 2 is 0.783 bits per heavy atom. The molecule has 0 fully saturated rings. The van der Waals surface area contributed by atoms with Crippen molar-refractivity contribution >= 4 is 11.9 Å². The summed E-state index contributed by atoms with van der Waals surface area (Å²) in [6, 6.07) is 0. The number of esters is 2. The van der Waals surface area contributed by atoms with Crippen LogP contribution in [0.3, 0.4) is 0 Å². The van der Waals surface area contributed by atoms with E-state index in [4.69, 9.17) is 14.2 Å². The summed E-state index contributed by atoms with van der Waals surface area (Å²) >= 11 is 0. The molecule has 0 aliphatic rings. The van der Waals surface area contributed by atoms with Gasteiger partial charge in [0.15, 0.2) is 6.10 Å². The smallest absolute Gasteiger partial charge is 0.306 e. The highest BCUT2D eigenvalue weighted by Gasteiger charge is 2.17. The van der Waals surface area contributed by atoms with Crippen molar-refractivity contribution in [2.45, 2.75) is 207 Å². The Morgan fingerprint density at radius 3 is 1.27 bits per heavy atom. The molecule has 340 valence electrons. The molecule has 1 unspecified atom stereocenters. The topological polar surface area (TPSA) is 61.8 Å². The van der Waals surface area contributed by atoms with E-state index in [-0.39, 0.29) is 31.6 Å². The number of carbonyl (C=O) groups is 2. The SMILES string of the molecule is CC/C=C\C/C=C\C/C=C\C/C=C\CCC(=O)OC(COCCCCCCCC/C=C\C/C=C\CCCCC)COC(=O)CCCCCCC/C=C\C/C=C\C/C=C\CC. The Balaban J connectivity index is 4.42. The van der Waals surface area contributed by atoms with Crippen molar-refractivity contribution in [3.63, 3.8) is 0 Å². The van der Waals surface area contributed by atoms with Gasteiger partial charge >= 0.3 is 11.9 Å². The third-order valence-electron chi connectivity index (χ3n) is 9.79. The highest BCUT2D eigenvalue weighted by Crippen LogP contribution is 2.11. The van der Waals surface area contributed by atoms with E-state index in [1.807, 2.05) is 6.08 Å². The molecule has 0 saturated carbocycles. The van der Waals surface area contributed by atoms with E-state index >= 15 is 0 Å². The lowest BCUT2D eigenvalue weighted by atomic mass is 10.1. The van der Waals surface area contributed by atoms with Gasteiger partial charge in [-0.15, -0.1) is 0 Å². The Hall–Kier alpha value is -3.44. The number of hydrogen-bond donors (Lipinski definition) is 0. The van der Waals surface area contributed by atoms with Crippen LogP contribution >= 0.6 is 0 Å². The summed E-state index contributed by atoms with van der Waals surface area (Å²) < 4.78 is 17.3. The summed E-state index contributed by atoms with van der Waals surface area (Å²) in [5, 5.41) is 0. The zero-order chi connectivity index (χ0) is 43.5. The largest absolute Gasteiger partial charge is 0.462 e. The van der Waals surface area contributed by atoms with Crippen LogP contribution in [0, 0.1) is 0 Å². The minimum atomic E-state index is -0.593. The lowest BCUT2D eigenvalue weighted by Gasteiger charge is -2.18. The van der Waals surface area contributed by atoms with E-state index < -0.39 is 6.10 Å². The average Bonchev–Trinajstić information content (AvgIpc) is 3.25. The van der Waals surface area contributed by atoms with Crippen molar-refractivity contribution in [1.29, 1.82) is 0 Å². The van der Waals surface area contributed by atoms with Crippen LogP contribution in [0.5, 0.6) is 0 Å².